The predicted octanol–water partition coefficient (Wildman–Crippen LogP) is 2.62. The van der Waals surface area contributed by atoms with E-state index in [1.165, 1.54) is 11.1 Å². The summed E-state index contributed by atoms with van der Waals surface area (Å²) in [6.45, 7) is 7.69. The first-order chi connectivity index (χ1) is 11.5. The Hall–Kier alpha value is -1.88. The van der Waals surface area contributed by atoms with Crippen LogP contribution in [-0.4, -0.2) is 53.0 Å². The molecule has 2 unspecified atom stereocenters. The van der Waals surface area contributed by atoms with Crippen LogP contribution in [0.4, 0.5) is 4.79 Å². The molecule has 1 amide bonds. The van der Waals surface area contributed by atoms with E-state index >= 15 is 0 Å². The fourth-order valence-electron chi connectivity index (χ4n) is 3.75. The monoisotopic (exact) mass is 330 g/mol. The van der Waals surface area contributed by atoms with Crippen LogP contribution in [0.5, 0.6) is 0 Å². The van der Waals surface area contributed by atoms with Gasteiger partial charge >= 0.3 is 6.09 Å². The summed E-state index contributed by atoms with van der Waals surface area (Å²) in [4.78, 5) is 28.3. The van der Waals surface area contributed by atoms with Crippen molar-refractivity contribution in [3.05, 3.63) is 35.4 Å². The van der Waals surface area contributed by atoms with Crippen LogP contribution in [-0.2, 0) is 22.5 Å². The normalized spacial score (nSPS) is 24.1. The van der Waals surface area contributed by atoms with E-state index in [9.17, 15) is 9.59 Å². The van der Waals surface area contributed by atoms with Crippen molar-refractivity contribution in [1.29, 1.82) is 0 Å². The Kier molecular flexibility index (Phi) is 4.90. The minimum absolute atomic E-state index is 0.134. The number of ketones is 1. The molecule has 2 heterocycles. The lowest BCUT2D eigenvalue weighted by atomic mass is 10.0. The van der Waals surface area contributed by atoms with Gasteiger partial charge in [-0.1, -0.05) is 24.3 Å². The van der Waals surface area contributed by atoms with E-state index in [0.717, 1.165) is 6.42 Å². The molecule has 1 aromatic carbocycles. The fourth-order valence-corrected chi connectivity index (χ4v) is 3.75. The number of nitrogens with zero attached hydrogens (tertiary/aromatic N) is 2. The van der Waals surface area contributed by atoms with E-state index in [4.69, 9.17) is 4.74 Å². The lowest BCUT2D eigenvalue weighted by Gasteiger charge is -2.29. The van der Waals surface area contributed by atoms with Crippen molar-refractivity contribution in [3.63, 3.8) is 0 Å². The van der Waals surface area contributed by atoms with Gasteiger partial charge in [0.05, 0.1) is 6.04 Å². The highest BCUT2D eigenvalue weighted by molar-refractivity contribution is 5.82. The third-order valence-corrected chi connectivity index (χ3v) is 5.09. The fraction of sp³-hybridized carbons (Fsp3) is 0.579. The van der Waals surface area contributed by atoms with Crippen molar-refractivity contribution >= 4 is 11.9 Å². The Balaban J connectivity index is 1.61. The van der Waals surface area contributed by atoms with Gasteiger partial charge in [0.2, 0.25) is 0 Å². The molecule has 0 radical (unpaired) electrons. The summed E-state index contributed by atoms with van der Waals surface area (Å²) in [5, 5.41) is 0. The van der Waals surface area contributed by atoms with Crippen LogP contribution in [0, 0.1) is 0 Å². The second-order valence-electron chi connectivity index (χ2n) is 7.10. The first kappa shape index (κ1) is 17.0. The molecule has 0 saturated carbocycles. The SMILES string of the molecule is CC(=O)C1CC(OC(=O)N2CCc3ccccc3C2)CN1C(C)C. The van der Waals surface area contributed by atoms with Crippen molar-refractivity contribution in [3.8, 4) is 0 Å². The van der Waals surface area contributed by atoms with E-state index < -0.39 is 0 Å². The molecule has 3 rings (SSSR count). The van der Waals surface area contributed by atoms with Crippen molar-refractivity contribution in [1.82, 2.24) is 9.80 Å². The first-order valence-electron chi connectivity index (χ1n) is 8.74. The zero-order valence-electron chi connectivity index (χ0n) is 14.7. The molecule has 130 valence electrons. The maximum Gasteiger partial charge on any atom is 0.410 e. The number of ether oxygens (including phenoxy) is 1. The zero-order chi connectivity index (χ0) is 17.3. The van der Waals surface area contributed by atoms with E-state index in [1.807, 2.05) is 12.1 Å². The highest BCUT2D eigenvalue weighted by Crippen LogP contribution is 2.25. The number of benzene rings is 1. The molecule has 5 nitrogen and oxygen atoms in total. The van der Waals surface area contributed by atoms with E-state index in [2.05, 4.69) is 30.9 Å². The lowest BCUT2D eigenvalue weighted by Crippen LogP contribution is -2.40. The Bertz CT molecular complexity index is 629. The molecular formula is C19H26N2O3. The molecule has 1 aromatic rings. The van der Waals surface area contributed by atoms with Gasteiger partial charge in [-0.15, -0.1) is 0 Å². The van der Waals surface area contributed by atoms with Crippen molar-refractivity contribution in [2.75, 3.05) is 13.1 Å². The number of carbonyl (C=O) groups is 2. The van der Waals surface area contributed by atoms with Gasteiger partial charge in [0.15, 0.2) is 0 Å². The standard InChI is InChI=1S/C19H26N2O3/c1-13(2)21-12-17(10-18(21)14(3)22)24-19(23)20-9-8-15-6-4-5-7-16(15)11-20/h4-7,13,17-18H,8-12H2,1-3H3. The van der Waals surface area contributed by atoms with Crippen LogP contribution in [0.1, 0.15) is 38.3 Å². The van der Waals surface area contributed by atoms with Crippen LogP contribution < -0.4 is 0 Å². The quantitative estimate of drug-likeness (QED) is 0.855. The van der Waals surface area contributed by atoms with Gasteiger partial charge in [0.25, 0.3) is 0 Å². The molecule has 0 aliphatic carbocycles. The van der Waals surface area contributed by atoms with Gasteiger partial charge in [0.1, 0.15) is 11.9 Å². The van der Waals surface area contributed by atoms with E-state index in [1.54, 1.807) is 11.8 Å². The zero-order valence-corrected chi connectivity index (χ0v) is 14.7. The van der Waals surface area contributed by atoms with Crippen molar-refractivity contribution < 1.29 is 14.3 Å². The van der Waals surface area contributed by atoms with E-state index in [0.29, 0.717) is 26.1 Å². The summed E-state index contributed by atoms with van der Waals surface area (Å²) in [6, 6.07) is 8.36. The minimum atomic E-state index is -0.262. The van der Waals surface area contributed by atoms with Gasteiger partial charge < -0.3 is 9.64 Å². The summed E-state index contributed by atoms with van der Waals surface area (Å²) in [7, 11) is 0. The second-order valence-corrected chi connectivity index (χ2v) is 7.10. The Morgan fingerprint density at radius 2 is 1.92 bits per heavy atom. The van der Waals surface area contributed by atoms with Gasteiger partial charge in [-0.25, -0.2) is 4.79 Å². The molecule has 0 bridgehead atoms. The molecule has 2 aliphatic rings. The smallest absolute Gasteiger partial charge is 0.410 e. The Morgan fingerprint density at radius 1 is 1.21 bits per heavy atom. The number of Topliss-reactive ketones (excluding diaryl/α,β-unsaturated/α-hetero) is 1. The molecular weight excluding hydrogens is 304 g/mol. The van der Waals surface area contributed by atoms with Crippen molar-refractivity contribution in [2.45, 2.75) is 58.3 Å². The molecule has 0 N–H and O–H groups in total. The summed E-state index contributed by atoms with van der Waals surface area (Å²) >= 11 is 0. The molecule has 1 fully saturated rings. The average Bonchev–Trinajstić information content (AvgIpc) is 2.99. The number of likely N-dealkylation sites (tertiary alicyclic amines) is 1. The third-order valence-electron chi connectivity index (χ3n) is 5.09. The maximum absolute atomic E-state index is 12.5. The topological polar surface area (TPSA) is 49.9 Å². The molecule has 2 atom stereocenters. The Morgan fingerprint density at radius 3 is 2.54 bits per heavy atom. The summed E-state index contributed by atoms with van der Waals surface area (Å²) in [6.07, 6.45) is 1.00. The van der Waals surface area contributed by atoms with Crippen LogP contribution in [0.15, 0.2) is 24.3 Å². The number of rotatable bonds is 3. The molecule has 1 saturated heterocycles. The van der Waals surface area contributed by atoms with Crippen LogP contribution in [0.25, 0.3) is 0 Å². The minimum Gasteiger partial charge on any atom is -0.445 e. The van der Waals surface area contributed by atoms with Crippen molar-refractivity contribution in [2.24, 2.45) is 0 Å². The maximum atomic E-state index is 12.5. The Labute approximate surface area is 143 Å². The van der Waals surface area contributed by atoms with Gasteiger partial charge in [-0.3, -0.25) is 9.69 Å². The van der Waals surface area contributed by atoms with Crippen LogP contribution in [0.2, 0.25) is 0 Å². The predicted molar refractivity (Wildman–Crippen MR) is 91.8 cm³/mol. The third kappa shape index (κ3) is 3.46. The average molecular weight is 330 g/mol. The molecule has 2 aliphatic heterocycles. The molecule has 0 aromatic heterocycles. The highest BCUT2D eigenvalue weighted by atomic mass is 16.6. The molecule has 24 heavy (non-hydrogen) atoms. The highest BCUT2D eigenvalue weighted by Gasteiger charge is 2.38. The largest absolute Gasteiger partial charge is 0.445 e. The van der Waals surface area contributed by atoms with Crippen LogP contribution >= 0.6 is 0 Å². The van der Waals surface area contributed by atoms with E-state index in [-0.39, 0.29) is 30.1 Å². The number of amides is 1. The summed E-state index contributed by atoms with van der Waals surface area (Å²) in [5.74, 6) is 0.147. The molecule has 0 spiro atoms. The van der Waals surface area contributed by atoms with Crippen LogP contribution in [0.3, 0.4) is 0 Å². The molecule has 5 heteroatoms. The van der Waals surface area contributed by atoms with Gasteiger partial charge in [-0.2, -0.15) is 0 Å². The summed E-state index contributed by atoms with van der Waals surface area (Å²) in [5.41, 5.74) is 2.50. The number of hydrogen-bond acceptors (Lipinski definition) is 4. The number of carbonyl (C=O) groups excluding carboxylic acids is 2. The number of fused-ring (bicyclic) bond motifs is 1. The van der Waals surface area contributed by atoms with Gasteiger partial charge in [-0.05, 0) is 38.3 Å². The summed E-state index contributed by atoms with van der Waals surface area (Å²) < 4.78 is 5.72. The second kappa shape index (κ2) is 6.93. The number of hydrogen-bond donors (Lipinski definition) is 0. The van der Waals surface area contributed by atoms with Gasteiger partial charge in [0, 0.05) is 32.1 Å². The first-order valence-corrected chi connectivity index (χ1v) is 8.74. The lowest BCUT2D eigenvalue weighted by molar-refractivity contribution is -0.121.